The summed E-state index contributed by atoms with van der Waals surface area (Å²) in [5.74, 6) is -3.58. The predicted octanol–water partition coefficient (Wildman–Crippen LogP) is 3.82. The molecular formula is C28H34F2O7S. The second-order valence-electron chi connectivity index (χ2n) is 12.0. The van der Waals surface area contributed by atoms with Crippen molar-refractivity contribution in [2.75, 3.05) is 6.61 Å². The van der Waals surface area contributed by atoms with E-state index in [1.54, 1.807) is 20.8 Å². The van der Waals surface area contributed by atoms with E-state index < -0.39 is 80.2 Å². The Hall–Kier alpha value is -2.07. The van der Waals surface area contributed by atoms with Crippen LogP contribution >= 0.6 is 11.8 Å². The van der Waals surface area contributed by atoms with Crippen molar-refractivity contribution in [3.8, 4) is 0 Å². The first kappa shape index (κ1) is 27.5. The fraction of sp³-hybridized carbons (Fsp3) is 0.714. The van der Waals surface area contributed by atoms with Gasteiger partial charge in [-0.2, -0.15) is 0 Å². The second-order valence-corrected chi connectivity index (χ2v) is 13.2. The third-order valence-electron chi connectivity index (χ3n) is 10.1. The summed E-state index contributed by atoms with van der Waals surface area (Å²) in [4.78, 5) is 50.6. The Balaban J connectivity index is 1.60. The molecule has 1 saturated heterocycles. The number of aliphatic hydroxyl groups is 1. The molecule has 10 atom stereocenters. The molecule has 5 aliphatic rings. The van der Waals surface area contributed by atoms with Gasteiger partial charge in [0.15, 0.2) is 17.1 Å². The molecule has 0 aromatic carbocycles. The smallest absolute Gasteiger partial charge is 0.307 e. The Morgan fingerprint density at radius 1 is 1.24 bits per heavy atom. The number of carbonyl (C=O) groups excluding carboxylic acids is 4. The first-order chi connectivity index (χ1) is 17.7. The number of carbonyl (C=O) groups is 4. The molecular weight excluding hydrogens is 518 g/mol. The van der Waals surface area contributed by atoms with Crippen LogP contribution in [0.1, 0.15) is 59.8 Å². The Morgan fingerprint density at radius 2 is 1.95 bits per heavy atom. The Morgan fingerprint density at radius 3 is 2.58 bits per heavy atom. The number of allylic oxidation sites excluding steroid dienone is 4. The quantitative estimate of drug-likeness (QED) is 0.525. The average molecular weight is 553 g/mol. The Bertz CT molecular complexity index is 1150. The Kier molecular flexibility index (Phi) is 6.50. The third-order valence-corrected chi connectivity index (χ3v) is 11.3. The van der Waals surface area contributed by atoms with Gasteiger partial charge in [0.2, 0.25) is 5.12 Å². The molecule has 38 heavy (non-hydrogen) atoms. The lowest BCUT2D eigenvalue weighted by Gasteiger charge is -2.63. The van der Waals surface area contributed by atoms with E-state index >= 15 is 8.78 Å². The van der Waals surface area contributed by atoms with Crippen LogP contribution in [-0.2, 0) is 28.7 Å². The van der Waals surface area contributed by atoms with Gasteiger partial charge in [0, 0.05) is 29.1 Å². The summed E-state index contributed by atoms with van der Waals surface area (Å²) >= 11 is 0.896. The first-order valence-electron chi connectivity index (χ1n) is 13.3. The van der Waals surface area contributed by atoms with E-state index in [2.05, 4.69) is 0 Å². The van der Waals surface area contributed by atoms with Crippen LogP contribution < -0.4 is 0 Å². The summed E-state index contributed by atoms with van der Waals surface area (Å²) in [6, 6.07) is 0. The van der Waals surface area contributed by atoms with Gasteiger partial charge < -0.3 is 14.6 Å². The first-order valence-corrected chi connectivity index (χ1v) is 14.2. The predicted molar refractivity (Wildman–Crippen MR) is 134 cm³/mol. The molecule has 0 spiro atoms. The van der Waals surface area contributed by atoms with Crippen LogP contribution in [0.5, 0.6) is 0 Å². The molecule has 0 aromatic rings. The molecule has 7 nitrogen and oxygen atoms in total. The van der Waals surface area contributed by atoms with E-state index in [-0.39, 0.29) is 44.3 Å². The third kappa shape index (κ3) is 3.47. The van der Waals surface area contributed by atoms with Crippen LogP contribution in [0.15, 0.2) is 23.8 Å². The van der Waals surface area contributed by atoms with Gasteiger partial charge in [0.25, 0.3) is 0 Å². The minimum atomic E-state index is -2.30. The van der Waals surface area contributed by atoms with Gasteiger partial charge in [0.1, 0.15) is 12.8 Å². The maximum Gasteiger partial charge on any atom is 0.307 e. The van der Waals surface area contributed by atoms with Gasteiger partial charge in [-0.15, -0.1) is 0 Å². The molecule has 1 aliphatic heterocycles. The topological polar surface area (TPSA) is 107 Å². The molecule has 208 valence electrons. The fourth-order valence-corrected chi connectivity index (χ4v) is 9.58. The van der Waals surface area contributed by atoms with Crippen LogP contribution in [0.4, 0.5) is 8.78 Å². The number of thioether (sulfide) groups is 1. The summed E-state index contributed by atoms with van der Waals surface area (Å²) in [5.41, 5.74) is -6.71. The summed E-state index contributed by atoms with van der Waals surface area (Å²) in [7, 11) is 0. The molecule has 4 aliphatic carbocycles. The maximum atomic E-state index is 17.4. The van der Waals surface area contributed by atoms with E-state index in [0.29, 0.717) is 0 Å². The van der Waals surface area contributed by atoms with Crippen LogP contribution in [-0.4, -0.2) is 63.3 Å². The molecule has 5 rings (SSSR count). The van der Waals surface area contributed by atoms with Crippen molar-refractivity contribution >= 4 is 34.6 Å². The van der Waals surface area contributed by atoms with Crippen LogP contribution in [0, 0.1) is 28.6 Å². The SMILES string of the molecule is CCC(=O)O[C@]1(C(=O)S[C@H]2COC(=O)C2)[C@H](C)CC2C3C[C@H](F)C4=CC(=O)C=C[C@]4(C)[C@@]3(F)[C@@H](O)C[C@@]21C. The van der Waals surface area contributed by atoms with Crippen LogP contribution in [0.3, 0.4) is 0 Å². The molecule has 0 aromatic heterocycles. The number of ketones is 1. The molecule has 10 heteroatoms. The van der Waals surface area contributed by atoms with E-state index in [4.69, 9.17) is 9.47 Å². The molecule has 4 fully saturated rings. The number of halogens is 2. The highest BCUT2D eigenvalue weighted by Crippen LogP contribution is 2.72. The molecule has 1 heterocycles. The number of fused-ring (bicyclic) bond motifs is 5. The molecule has 0 bridgehead atoms. The van der Waals surface area contributed by atoms with Gasteiger partial charge in [-0.25, -0.2) is 8.78 Å². The lowest BCUT2D eigenvalue weighted by molar-refractivity contribution is -0.228. The molecule has 0 amide bonds. The highest BCUT2D eigenvalue weighted by molar-refractivity contribution is 8.14. The van der Waals surface area contributed by atoms with E-state index in [9.17, 15) is 24.3 Å². The maximum absolute atomic E-state index is 17.4. The number of cyclic esters (lactones) is 1. The number of hydrogen-bond donors (Lipinski definition) is 1. The average Bonchev–Trinajstić information content (AvgIpc) is 3.35. The van der Waals surface area contributed by atoms with Crippen molar-refractivity contribution in [3.63, 3.8) is 0 Å². The minimum Gasteiger partial charge on any atom is -0.464 e. The number of hydrogen-bond acceptors (Lipinski definition) is 8. The zero-order chi connectivity index (χ0) is 27.8. The molecule has 3 saturated carbocycles. The van der Waals surface area contributed by atoms with Crippen molar-refractivity contribution in [1.29, 1.82) is 0 Å². The highest BCUT2D eigenvalue weighted by Gasteiger charge is 2.78. The van der Waals surface area contributed by atoms with Crippen molar-refractivity contribution in [2.45, 2.75) is 88.6 Å². The Labute approximate surface area is 224 Å². The van der Waals surface area contributed by atoms with Gasteiger partial charge in [0.05, 0.1) is 17.8 Å². The number of rotatable bonds is 4. The van der Waals surface area contributed by atoms with Crippen molar-refractivity contribution in [3.05, 3.63) is 23.8 Å². The van der Waals surface area contributed by atoms with E-state index in [1.807, 2.05) is 0 Å². The normalized spacial score (nSPS) is 47.5. The minimum absolute atomic E-state index is 0.00875. The van der Waals surface area contributed by atoms with Crippen molar-refractivity contribution in [2.24, 2.45) is 28.6 Å². The van der Waals surface area contributed by atoms with Gasteiger partial charge in [-0.05, 0) is 49.8 Å². The lowest BCUT2D eigenvalue weighted by atomic mass is 9.44. The molecule has 2 unspecified atom stereocenters. The second kappa shape index (κ2) is 8.98. The number of aliphatic hydroxyl groups excluding tert-OH is 1. The highest BCUT2D eigenvalue weighted by atomic mass is 32.2. The zero-order valence-electron chi connectivity index (χ0n) is 22.0. The number of alkyl halides is 2. The standard InChI is InChI=1S/C28H34F2O7S/c1-5-22(33)37-28(24(35)38-16-10-23(34)36-13-16)14(2)8-17-18-11-20(29)19-9-15(31)6-7-25(19,3)27(18,30)21(32)12-26(17,28)4/h6-7,9,14,16-18,20-21,32H,5,8,10-13H2,1-4H3/t14-,16-,17?,18?,20+,21+,25+,26+,27+,28+/m1/s1. The number of ether oxygens (including phenoxy) is 2. The summed E-state index contributed by atoms with van der Waals surface area (Å²) in [6.45, 7) is 6.70. The lowest BCUT2D eigenvalue weighted by Crippen LogP contribution is -2.70. The number of esters is 2. The molecule has 1 N–H and O–H groups in total. The van der Waals surface area contributed by atoms with Crippen LogP contribution in [0.25, 0.3) is 0 Å². The largest absolute Gasteiger partial charge is 0.464 e. The fourth-order valence-electron chi connectivity index (χ4n) is 8.27. The van der Waals surface area contributed by atoms with Gasteiger partial charge in [-0.3, -0.25) is 19.2 Å². The van der Waals surface area contributed by atoms with Crippen LogP contribution in [0.2, 0.25) is 0 Å². The summed E-state index contributed by atoms with van der Waals surface area (Å²) in [5, 5.41) is 10.7. The molecule has 0 radical (unpaired) electrons. The van der Waals surface area contributed by atoms with E-state index in [0.717, 1.165) is 17.8 Å². The summed E-state index contributed by atoms with van der Waals surface area (Å²) in [6.07, 6.45) is 0.392. The monoisotopic (exact) mass is 552 g/mol. The summed E-state index contributed by atoms with van der Waals surface area (Å²) < 4.78 is 44.2. The van der Waals surface area contributed by atoms with E-state index in [1.165, 1.54) is 19.1 Å². The van der Waals surface area contributed by atoms with Gasteiger partial charge >= 0.3 is 11.9 Å². The zero-order valence-corrected chi connectivity index (χ0v) is 22.8. The van der Waals surface area contributed by atoms with Gasteiger partial charge in [-0.1, -0.05) is 38.6 Å². The van der Waals surface area contributed by atoms with Crippen molar-refractivity contribution in [1.82, 2.24) is 0 Å². The van der Waals surface area contributed by atoms with Crippen molar-refractivity contribution < 1.29 is 42.5 Å².